The quantitative estimate of drug-likeness (QED) is 0.426. The van der Waals surface area contributed by atoms with Gasteiger partial charge in [-0.25, -0.2) is 4.98 Å². The zero-order chi connectivity index (χ0) is 25.0. The van der Waals surface area contributed by atoms with Crippen LogP contribution >= 0.6 is 0 Å². The molecule has 3 aromatic rings. The molecule has 0 amide bonds. The summed E-state index contributed by atoms with van der Waals surface area (Å²) in [4.78, 5) is 21.0. The zero-order valence-electron chi connectivity index (χ0n) is 21.8. The molecule has 4 heterocycles. The maximum atomic E-state index is 5.78. The normalized spacial score (nSPS) is 21.4. The Labute approximate surface area is 218 Å². The maximum absolute atomic E-state index is 5.78. The lowest BCUT2D eigenvalue weighted by Gasteiger charge is -2.37. The SMILES string of the molecule is COc1cc(N2CCN(CC3CCOC3)CC2)ccc1Nc1nc(NC2CCCCC2)c2[nH]c[nH+]c2n1. The topological polar surface area (TPSA) is 105 Å². The standard InChI is InChI=1S/C27H38N8O2/c1-36-23-15-21(35-12-10-34(11-13-35)16-19-9-14-37-17-19)7-8-22(23)31-27-32-25-24(28-18-29-25)26(33-27)30-20-5-3-2-4-6-20/h7-8,15,18-20H,2-6,9-14,16-17H2,1H3,(H3,28,29,30,31,32,33)/p+1. The average Bonchev–Trinajstić information content (AvgIpc) is 3.62. The smallest absolute Gasteiger partial charge is 0.307 e. The molecular weight excluding hydrogens is 468 g/mol. The van der Waals surface area contributed by atoms with Crippen LogP contribution in [0.2, 0.25) is 0 Å². The monoisotopic (exact) mass is 507 g/mol. The van der Waals surface area contributed by atoms with Crippen molar-refractivity contribution < 1.29 is 14.5 Å². The first-order valence-corrected chi connectivity index (χ1v) is 13.8. The zero-order valence-corrected chi connectivity index (χ0v) is 21.8. The lowest BCUT2D eigenvalue weighted by Crippen LogP contribution is -2.47. The van der Waals surface area contributed by atoms with Gasteiger partial charge in [-0.2, -0.15) is 4.98 Å². The minimum atomic E-state index is 0.448. The van der Waals surface area contributed by atoms with Gasteiger partial charge in [0.1, 0.15) is 5.75 Å². The van der Waals surface area contributed by atoms with Crippen molar-refractivity contribution in [3.05, 3.63) is 24.5 Å². The molecule has 2 aromatic heterocycles. The molecule has 4 N–H and O–H groups in total. The molecular formula is C27H39N8O2+. The Kier molecular flexibility index (Phi) is 7.27. The van der Waals surface area contributed by atoms with Crippen LogP contribution in [0.5, 0.6) is 5.75 Å². The molecule has 1 atom stereocenters. The average molecular weight is 508 g/mol. The molecule has 1 unspecified atom stereocenters. The molecule has 6 rings (SSSR count). The minimum Gasteiger partial charge on any atom is -0.494 e. The van der Waals surface area contributed by atoms with E-state index in [1.807, 2.05) is 0 Å². The summed E-state index contributed by atoms with van der Waals surface area (Å²) < 4.78 is 11.3. The number of benzene rings is 1. The van der Waals surface area contributed by atoms with Gasteiger partial charge in [0.15, 0.2) is 12.1 Å². The molecule has 1 aromatic carbocycles. The van der Waals surface area contributed by atoms with E-state index in [-0.39, 0.29) is 0 Å². The Bertz CT molecular complexity index is 1180. The largest absolute Gasteiger partial charge is 0.494 e. The third kappa shape index (κ3) is 5.60. The summed E-state index contributed by atoms with van der Waals surface area (Å²) in [5.74, 6) is 2.85. The maximum Gasteiger partial charge on any atom is 0.307 e. The van der Waals surface area contributed by atoms with Gasteiger partial charge in [0, 0.05) is 57.1 Å². The summed E-state index contributed by atoms with van der Waals surface area (Å²) in [6.45, 7) is 7.19. The number of aromatic amines is 2. The molecule has 1 saturated carbocycles. The van der Waals surface area contributed by atoms with E-state index in [0.717, 1.165) is 74.4 Å². The number of piperazine rings is 1. The molecule has 37 heavy (non-hydrogen) atoms. The van der Waals surface area contributed by atoms with Gasteiger partial charge >= 0.3 is 11.6 Å². The van der Waals surface area contributed by atoms with E-state index >= 15 is 0 Å². The number of fused-ring (bicyclic) bond motifs is 1. The van der Waals surface area contributed by atoms with Gasteiger partial charge in [-0.05, 0) is 37.3 Å². The van der Waals surface area contributed by atoms with Crippen LogP contribution in [0.4, 0.5) is 23.1 Å². The Balaban J connectivity index is 1.14. The van der Waals surface area contributed by atoms with E-state index in [2.05, 4.69) is 48.6 Å². The van der Waals surface area contributed by atoms with Crippen molar-refractivity contribution >= 4 is 34.3 Å². The predicted molar refractivity (Wildman–Crippen MR) is 145 cm³/mol. The van der Waals surface area contributed by atoms with Crippen LogP contribution in [-0.2, 0) is 4.74 Å². The number of nitrogens with zero attached hydrogens (tertiary/aromatic N) is 4. The van der Waals surface area contributed by atoms with Gasteiger partial charge in [-0.15, -0.1) is 0 Å². The van der Waals surface area contributed by atoms with Gasteiger partial charge in [0.25, 0.3) is 0 Å². The fourth-order valence-electron chi connectivity index (χ4n) is 5.86. The van der Waals surface area contributed by atoms with Gasteiger partial charge < -0.3 is 25.0 Å². The van der Waals surface area contributed by atoms with Crippen LogP contribution in [-0.4, -0.2) is 78.9 Å². The number of ether oxygens (including phenoxy) is 2. The number of hydrogen-bond donors (Lipinski definition) is 3. The van der Waals surface area contributed by atoms with Crippen molar-refractivity contribution in [2.75, 3.05) is 68.6 Å². The molecule has 10 nitrogen and oxygen atoms in total. The third-order valence-electron chi connectivity index (χ3n) is 7.99. The number of hydrogen-bond acceptors (Lipinski definition) is 8. The molecule has 0 bridgehead atoms. The molecule has 3 fully saturated rings. The number of aromatic nitrogens is 4. The number of H-pyrrole nitrogens is 2. The van der Waals surface area contributed by atoms with Crippen molar-refractivity contribution in [3.8, 4) is 5.75 Å². The highest BCUT2D eigenvalue weighted by atomic mass is 16.5. The highest BCUT2D eigenvalue weighted by Crippen LogP contribution is 2.33. The summed E-state index contributed by atoms with van der Waals surface area (Å²) in [7, 11) is 1.71. The summed E-state index contributed by atoms with van der Waals surface area (Å²) in [5.41, 5.74) is 3.71. The number of methoxy groups -OCH3 is 1. The van der Waals surface area contributed by atoms with Crippen LogP contribution < -0.4 is 25.3 Å². The van der Waals surface area contributed by atoms with Crippen molar-refractivity contribution in [1.29, 1.82) is 0 Å². The first-order chi connectivity index (χ1) is 18.2. The first kappa shape index (κ1) is 24.2. The van der Waals surface area contributed by atoms with Gasteiger partial charge in [-0.3, -0.25) is 9.88 Å². The van der Waals surface area contributed by atoms with Crippen LogP contribution in [0.15, 0.2) is 24.5 Å². The van der Waals surface area contributed by atoms with Crippen LogP contribution in [0.1, 0.15) is 38.5 Å². The molecule has 0 spiro atoms. The number of rotatable bonds is 8. The second-order valence-corrected chi connectivity index (χ2v) is 10.6. The summed E-state index contributed by atoms with van der Waals surface area (Å²) in [5, 5.41) is 7.05. The molecule has 3 aliphatic rings. The predicted octanol–water partition coefficient (Wildman–Crippen LogP) is 3.43. The summed E-state index contributed by atoms with van der Waals surface area (Å²) in [6.07, 6.45) is 9.20. The fourth-order valence-corrected chi connectivity index (χ4v) is 5.86. The Morgan fingerprint density at radius 3 is 2.76 bits per heavy atom. The molecule has 0 radical (unpaired) electrons. The molecule has 10 heteroatoms. The van der Waals surface area contributed by atoms with Crippen molar-refractivity contribution in [1.82, 2.24) is 19.9 Å². The minimum absolute atomic E-state index is 0.448. The Morgan fingerprint density at radius 2 is 1.97 bits per heavy atom. The van der Waals surface area contributed by atoms with E-state index < -0.39 is 0 Å². The van der Waals surface area contributed by atoms with Gasteiger partial charge in [0.05, 0.1) is 19.4 Å². The fraction of sp³-hybridized carbons (Fsp3) is 0.593. The van der Waals surface area contributed by atoms with Crippen LogP contribution in [0, 0.1) is 5.92 Å². The van der Waals surface area contributed by atoms with Crippen LogP contribution in [0.3, 0.4) is 0 Å². The van der Waals surface area contributed by atoms with E-state index in [0.29, 0.717) is 17.9 Å². The highest BCUT2D eigenvalue weighted by Gasteiger charge is 2.24. The molecule has 1 aliphatic carbocycles. The summed E-state index contributed by atoms with van der Waals surface area (Å²) in [6, 6.07) is 6.79. The number of anilines is 4. The van der Waals surface area contributed by atoms with E-state index in [4.69, 9.17) is 19.4 Å². The number of imidazole rings is 1. The molecule has 198 valence electrons. The van der Waals surface area contributed by atoms with E-state index in [1.54, 1.807) is 13.4 Å². The Hall–Kier alpha value is -3.11. The van der Waals surface area contributed by atoms with E-state index in [1.165, 1.54) is 44.2 Å². The third-order valence-corrected chi connectivity index (χ3v) is 7.99. The Morgan fingerprint density at radius 1 is 1.11 bits per heavy atom. The van der Waals surface area contributed by atoms with Crippen molar-refractivity contribution in [3.63, 3.8) is 0 Å². The molecule has 2 aliphatic heterocycles. The highest BCUT2D eigenvalue weighted by molar-refractivity contribution is 5.82. The van der Waals surface area contributed by atoms with Crippen molar-refractivity contribution in [2.45, 2.75) is 44.6 Å². The number of nitrogens with one attached hydrogen (secondary N) is 4. The summed E-state index contributed by atoms with van der Waals surface area (Å²) >= 11 is 0. The van der Waals surface area contributed by atoms with E-state index in [9.17, 15) is 0 Å². The van der Waals surface area contributed by atoms with Gasteiger partial charge in [-0.1, -0.05) is 24.2 Å². The van der Waals surface area contributed by atoms with Crippen molar-refractivity contribution in [2.24, 2.45) is 5.92 Å². The van der Waals surface area contributed by atoms with Crippen LogP contribution in [0.25, 0.3) is 11.2 Å². The van der Waals surface area contributed by atoms with Gasteiger partial charge in [0.2, 0.25) is 5.52 Å². The lowest BCUT2D eigenvalue weighted by molar-refractivity contribution is -0.347. The lowest BCUT2D eigenvalue weighted by atomic mass is 9.95. The second kappa shape index (κ2) is 11.1. The second-order valence-electron chi connectivity index (χ2n) is 10.6. The first-order valence-electron chi connectivity index (χ1n) is 13.8. The molecule has 2 saturated heterocycles.